The van der Waals surface area contributed by atoms with Crippen molar-refractivity contribution in [3.63, 3.8) is 0 Å². The molecule has 3 aliphatic heterocycles. The first-order valence-corrected chi connectivity index (χ1v) is 31.8. The van der Waals surface area contributed by atoms with Crippen LogP contribution in [0.1, 0.15) is 192 Å². The van der Waals surface area contributed by atoms with Crippen molar-refractivity contribution >= 4 is 25.9 Å². The van der Waals surface area contributed by atoms with Crippen LogP contribution in [-0.4, -0.2) is 115 Å². The maximum Gasteiger partial charge on any atom is 0.573 e. The van der Waals surface area contributed by atoms with E-state index in [4.69, 9.17) is 27.8 Å². The Morgan fingerprint density at radius 2 is 0.636 bits per heavy atom. The number of aryl methyl sites for hydroxylation is 3. The molecule has 3 amide bonds. The average Bonchev–Trinajstić information content (AvgIpc) is 3.40. The summed E-state index contributed by atoms with van der Waals surface area (Å²) in [5.41, 5.74) is 3.51. The summed E-state index contributed by atoms with van der Waals surface area (Å²) in [6.07, 6.45) is 26.6. The molecule has 3 aromatic rings. The minimum atomic E-state index is -3.89. The van der Waals surface area contributed by atoms with Gasteiger partial charge in [0.15, 0.2) is 0 Å². The van der Waals surface area contributed by atoms with Crippen LogP contribution in [0.3, 0.4) is 0 Å². The van der Waals surface area contributed by atoms with E-state index in [0.717, 1.165) is 94.9 Å². The number of nitrogens with zero attached hydrogens (tertiary/aromatic N) is 3. The number of hydrogen-bond acceptors (Lipinski definition) is 10. The molecule has 1 N–H and O–H groups in total. The standard InChI is InChI=1S/C63H97N3O10P/c1-4-7-10-13-16-19-43-71-55-37-31-52(32-38-55)25-22-28-61(67)64-46-58(47-64)74-77(70,75-59-48-65(49-59)62(68)29-23-26-53-33-39-56(40-34-53)72-44-20-17-14-11-8-5-2)76-60-50-66(51-60)63(69)30-24-27-54-35-41-57(42-36-54)73-45-21-18-15-12-9-6-3/h31-42,58-60,70H,4-30,43-51H2,1-3H3/q+1. The Morgan fingerprint density at radius 3 is 0.896 bits per heavy atom. The lowest BCUT2D eigenvalue weighted by Gasteiger charge is -2.42. The number of amides is 3. The molecule has 0 bridgehead atoms. The van der Waals surface area contributed by atoms with Crippen LogP contribution in [0.15, 0.2) is 72.8 Å². The number of carbonyl (C=O) groups excluding carboxylic acids is 3. The molecule has 0 saturated carbocycles. The SMILES string of the molecule is CCCCCCCCOc1ccc(CCCC(=O)N2CC(O[P+](O)(OC3CN(C(=O)CCCc4ccc(OCCCCCCCC)cc4)C3)OC3CN(C(=O)CCCc4ccc(OCCCCCCCC)cc4)C3)C2)cc1. The number of ether oxygens (including phenoxy) is 3. The highest BCUT2D eigenvalue weighted by Crippen LogP contribution is 2.62. The van der Waals surface area contributed by atoms with Gasteiger partial charge in [0.05, 0.1) is 59.1 Å². The van der Waals surface area contributed by atoms with E-state index < -0.39 is 26.5 Å². The highest BCUT2D eigenvalue weighted by molar-refractivity contribution is 7.55. The fraction of sp³-hybridized carbons (Fsp3) is 0.667. The van der Waals surface area contributed by atoms with Gasteiger partial charge in [-0.25, -0.2) is 0 Å². The Morgan fingerprint density at radius 1 is 0.390 bits per heavy atom. The minimum absolute atomic E-state index is 0.0448. The second-order valence-electron chi connectivity index (χ2n) is 21.9. The molecule has 0 aliphatic carbocycles. The van der Waals surface area contributed by atoms with Crippen LogP contribution < -0.4 is 14.2 Å². The quantitative estimate of drug-likeness (QED) is 0.0431. The minimum Gasteiger partial charge on any atom is -0.494 e. The van der Waals surface area contributed by atoms with Gasteiger partial charge < -0.3 is 28.9 Å². The molecule has 13 nitrogen and oxygen atoms in total. The second kappa shape index (κ2) is 35.4. The Bertz CT molecular complexity index is 1860. The summed E-state index contributed by atoms with van der Waals surface area (Å²) in [5.74, 6) is 2.78. The summed E-state index contributed by atoms with van der Waals surface area (Å²) in [5, 5.41) is 0. The molecule has 428 valence electrons. The molecule has 14 heteroatoms. The first kappa shape index (κ1) is 61.9. The molecular formula is C63H97N3O10P+. The molecule has 0 aromatic heterocycles. The number of likely N-dealkylation sites (tertiary alicyclic amines) is 3. The molecule has 0 spiro atoms. The predicted octanol–water partition coefficient (Wildman–Crippen LogP) is 13.6. The van der Waals surface area contributed by atoms with E-state index in [-0.39, 0.29) is 17.7 Å². The van der Waals surface area contributed by atoms with Gasteiger partial charge in [-0.3, -0.25) is 14.4 Å². The largest absolute Gasteiger partial charge is 0.573 e. The van der Waals surface area contributed by atoms with Crippen molar-refractivity contribution < 1.29 is 47.1 Å². The summed E-state index contributed by atoms with van der Waals surface area (Å²) < 4.78 is 36.5. The average molecular weight is 1090 g/mol. The topological polar surface area (TPSA) is 137 Å². The van der Waals surface area contributed by atoms with Crippen molar-refractivity contribution in [3.05, 3.63) is 89.5 Å². The molecule has 3 aromatic carbocycles. The summed E-state index contributed by atoms with van der Waals surface area (Å²) in [4.78, 5) is 56.9. The molecule has 0 atom stereocenters. The van der Waals surface area contributed by atoms with E-state index in [1.54, 1.807) is 14.7 Å². The van der Waals surface area contributed by atoms with Gasteiger partial charge in [-0.1, -0.05) is 153 Å². The highest BCUT2D eigenvalue weighted by Gasteiger charge is 2.57. The van der Waals surface area contributed by atoms with Crippen molar-refractivity contribution in [2.45, 2.75) is 212 Å². The fourth-order valence-electron chi connectivity index (χ4n) is 10.0. The Balaban J connectivity index is 0.897. The van der Waals surface area contributed by atoms with Crippen LogP contribution in [0.2, 0.25) is 0 Å². The van der Waals surface area contributed by atoms with Crippen molar-refractivity contribution in [2.75, 3.05) is 59.1 Å². The van der Waals surface area contributed by atoms with Crippen molar-refractivity contribution in [1.29, 1.82) is 0 Å². The van der Waals surface area contributed by atoms with Crippen molar-refractivity contribution in [3.8, 4) is 17.2 Å². The Kier molecular flexibility index (Phi) is 28.5. The number of unbranched alkanes of at least 4 members (excludes halogenated alkanes) is 15. The van der Waals surface area contributed by atoms with Crippen LogP contribution in [0.4, 0.5) is 0 Å². The monoisotopic (exact) mass is 1090 g/mol. The summed E-state index contributed by atoms with van der Waals surface area (Å²) >= 11 is 0. The fourth-order valence-corrected chi connectivity index (χ4v) is 11.7. The van der Waals surface area contributed by atoms with Crippen LogP contribution in [0.25, 0.3) is 0 Å². The molecule has 6 rings (SSSR count). The van der Waals surface area contributed by atoms with Crippen LogP contribution in [0, 0.1) is 0 Å². The molecule has 3 saturated heterocycles. The van der Waals surface area contributed by atoms with Gasteiger partial charge in [-0.15, -0.1) is 13.6 Å². The third kappa shape index (κ3) is 23.5. The molecule has 3 fully saturated rings. The van der Waals surface area contributed by atoms with Crippen molar-refractivity contribution in [1.82, 2.24) is 14.7 Å². The number of hydrogen-bond donors (Lipinski definition) is 1. The van der Waals surface area contributed by atoms with Gasteiger partial charge >= 0.3 is 8.17 Å². The van der Waals surface area contributed by atoms with Crippen LogP contribution >= 0.6 is 8.17 Å². The van der Waals surface area contributed by atoms with E-state index in [0.29, 0.717) is 58.5 Å². The number of benzene rings is 3. The second-order valence-corrected chi connectivity index (χ2v) is 23.5. The molecule has 0 radical (unpaired) electrons. The Labute approximate surface area is 464 Å². The van der Waals surface area contributed by atoms with Gasteiger partial charge in [-0.05, 0) is 111 Å². The lowest BCUT2D eigenvalue weighted by atomic mass is 10.1. The van der Waals surface area contributed by atoms with E-state index in [9.17, 15) is 19.3 Å². The maximum absolute atomic E-state index is 13.2. The predicted molar refractivity (Wildman–Crippen MR) is 308 cm³/mol. The van der Waals surface area contributed by atoms with Crippen LogP contribution in [0.5, 0.6) is 17.2 Å². The Hall–Kier alpha value is -4.26. The molecule has 3 aliphatic rings. The van der Waals surface area contributed by atoms with E-state index >= 15 is 0 Å². The van der Waals surface area contributed by atoms with Gasteiger partial charge in [0.2, 0.25) is 17.7 Å². The lowest BCUT2D eigenvalue weighted by Crippen LogP contribution is -2.58. The summed E-state index contributed by atoms with van der Waals surface area (Å²) in [6.45, 7) is 10.9. The lowest BCUT2D eigenvalue weighted by molar-refractivity contribution is -0.149. The van der Waals surface area contributed by atoms with Crippen LogP contribution in [-0.2, 0) is 47.2 Å². The summed E-state index contributed by atoms with van der Waals surface area (Å²) in [7, 11) is -3.89. The summed E-state index contributed by atoms with van der Waals surface area (Å²) in [6, 6.07) is 24.6. The van der Waals surface area contributed by atoms with Crippen molar-refractivity contribution in [2.24, 2.45) is 0 Å². The highest BCUT2D eigenvalue weighted by atomic mass is 31.2. The molecule has 3 heterocycles. The normalized spacial score (nSPS) is 15.0. The molecule has 0 unspecified atom stereocenters. The maximum atomic E-state index is 13.2. The third-order valence-corrected chi connectivity index (χ3v) is 16.8. The number of rotatable bonds is 42. The number of carbonyl (C=O) groups is 3. The first-order valence-electron chi connectivity index (χ1n) is 30.3. The van der Waals surface area contributed by atoms with Gasteiger partial charge in [0.1, 0.15) is 35.6 Å². The van der Waals surface area contributed by atoms with E-state index in [2.05, 4.69) is 57.2 Å². The van der Waals surface area contributed by atoms with Gasteiger partial charge in [-0.2, -0.15) is 4.89 Å². The van der Waals surface area contributed by atoms with E-state index in [1.807, 2.05) is 36.4 Å². The van der Waals surface area contributed by atoms with E-state index in [1.165, 1.54) is 113 Å². The van der Waals surface area contributed by atoms with Gasteiger partial charge in [0.25, 0.3) is 0 Å². The first-order chi connectivity index (χ1) is 37.6. The zero-order chi connectivity index (χ0) is 54.3. The zero-order valence-electron chi connectivity index (χ0n) is 47.5. The zero-order valence-corrected chi connectivity index (χ0v) is 48.4. The van der Waals surface area contributed by atoms with Gasteiger partial charge in [0, 0.05) is 19.3 Å². The smallest absolute Gasteiger partial charge is 0.494 e. The molecule has 77 heavy (non-hydrogen) atoms. The third-order valence-electron chi connectivity index (χ3n) is 15.1. The molecular weight excluding hydrogens is 990 g/mol.